The third-order valence-corrected chi connectivity index (χ3v) is 7.00. The molecular formula is C27H24Cl4N10OS. The fourth-order valence-corrected chi connectivity index (χ4v) is 5.13. The van der Waals surface area contributed by atoms with Gasteiger partial charge in [0.2, 0.25) is 0 Å². The van der Waals surface area contributed by atoms with Crippen molar-refractivity contribution in [2.45, 2.75) is 0 Å². The second-order valence-corrected chi connectivity index (χ2v) is 10.4. The van der Waals surface area contributed by atoms with E-state index in [-0.39, 0.29) is 5.91 Å². The van der Waals surface area contributed by atoms with Crippen LogP contribution in [0.2, 0.25) is 20.1 Å². The van der Waals surface area contributed by atoms with Crippen molar-refractivity contribution in [3.8, 4) is 22.8 Å². The fourth-order valence-electron chi connectivity index (χ4n) is 3.34. The maximum Gasteiger partial charge on any atom is 0.278 e. The molecule has 0 radical (unpaired) electrons. The van der Waals surface area contributed by atoms with E-state index >= 15 is 0 Å². The molecule has 0 aliphatic rings. The number of hydrazine groups is 1. The van der Waals surface area contributed by atoms with Crippen molar-refractivity contribution in [3.63, 3.8) is 0 Å². The zero-order valence-corrected chi connectivity index (χ0v) is 26.8. The fraction of sp³-hybridized carbons (Fsp3) is 0.111. The Labute approximate surface area is 271 Å². The van der Waals surface area contributed by atoms with Gasteiger partial charge in [0.1, 0.15) is 5.04 Å². The molecule has 222 valence electrons. The second-order valence-electron chi connectivity index (χ2n) is 8.03. The van der Waals surface area contributed by atoms with Crippen molar-refractivity contribution in [2.75, 3.05) is 13.3 Å². The summed E-state index contributed by atoms with van der Waals surface area (Å²) in [5.74, 6) is 5.41. The number of carbonyl (C=O) groups excluding carboxylic acids is 1. The molecule has 0 spiro atoms. The van der Waals surface area contributed by atoms with Crippen LogP contribution in [-0.2, 0) is 7.05 Å². The lowest BCUT2D eigenvalue weighted by Gasteiger charge is -2.07. The van der Waals surface area contributed by atoms with Gasteiger partial charge in [-0.1, -0.05) is 46.4 Å². The Hall–Kier alpha value is -3.49. The Bertz CT molecular complexity index is 1650. The third kappa shape index (κ3) is 9.25. The average Bonchev–Trinajstić information content (AvgIpc) is 3.38. The minimum atomic E-state index is -0.374. The van der Waals surface area contributed by atoms with Crippen LogP contribution in [0.5, 0.6) is 0 Å². The number of thioether (sulfide) groups is 1. The molecule has 5 aromatic rings. The van der Waals surface area contributed by atoms with Crippen LogP contribution in [0.25, 0.3) is 22.8 Å². The van der Waals surface area contributed by atoms with Gasteiger partial charge in [-0.15, -0.1) is 11.8 Å². The van der Waals surface area contributed by atoms with Crippen LogP contribution in [-0.4, -0.2) is 59.0 Å². The van der Waals surface area contributed by atoms with Crippen LogP contribution in [0.15, 0.2) is 78.8 Å². The highest BCUT2D eigenvalue weighted by molar-refractivity contribution is 8.13. The molecule has 11 nitrogen and oxygen atoms in total. The molecule has 0 saturated heterocycles. The highest BCUT2D eigenvalue weighted by Crippen LogP contribution is 2.32. The number of aryl methyl sites for hydroxylation is 1. The number of aliphatic imine (C=N–C) groups is 1. The van der Waals surface area contributed by atoms with E-state index in [1.54, 1.807) is 42.5 Å². The summed E-state index contributed by atoms with van der Waals surface area (Å²) in [6, 6.07) is 6.92. The number of nitrogens with two attached hydrogens (primary N) is 1. The molecule has 5 heterocycles. The van der Waals surface area contributed by atoms with E-state index < -0.39 is 0 Å². The molecule has 0 unspecified atom stereocenters. The maximum absolute atomic E-state index is 12.1. The SMILES string of the molecule is CNN.CSC(=NC(=O)c1ccncc1)c1c(Cl)cncc1Cl.Cn1nc(-c2c(Cl)cncc2Cl)nc1-c1ccncc1. The molecule has 16 heteroatoms. The normalized spacial score (nSPS) is 10.7. The predicted molar refractivity (Wildman–Crippen MR) is 174 cm³/mol. The molecule has 0 aromatic carbocycles. The number of aromatic nitrogens is 7. The minimum Gasteiger partial charge on any atom is -0.272 e. The highest BCUT2D eigenvalue weighted by Gasteiger charge is 2.17. The van der Waals surface area contributed by atoms with E-state index in [0.29, 0.717) is 53.5 Å². The molecule has 0 saturated carbocycles. The van der Waals surface area contributed by atoms with Crippen LogP contribution in [0.4, 0.5) is 0 Å². The van der Waals surface area contributed by atoms with Gasteiger partial charge < -0.3 is 0 Å². The van der Waals surface area contributed by atoms with E-state index in [0.717, 1.165) is 5.56 Å². The number of halogens is 4. The maximum atomic E-state index is 12.1. The number of amides is 1. The van der Waals surface area contributed by atoms with Gasteiger partial charge in [-0.25, -0.2) is 14.7 Å². The first-order valence-corrected chi connectivity index (χ1v) is 14.8. The molecular weight excluding hydrogens is 654 g/mol. The number of carbonyl (C=O) groups is 1. The molecule has 43 heavy (non-hydrogen) atoms. The quantitative estimate of drug-likeness (QED) is 0.0995. The summed E-state index contributed by atoms with van der Waals surface area (Å²) in [5.41, 5.74) is 4.72. The van der Waals surface area contributed by atoms with Gasteiger partial charge in [-0.05, 0) is 37.6 Å². The van der Waals surface area contributed by atoms with E-state index in [4.69, 9.17) is 46.4 Å². The molecule has 5 rings (SSSR count). The number of pyridine rings is 4. The summed E-state index contributed by atoms with van der Waals surface area (Å²) >= 11 is 25.7. The number of hydrogen-bond acceptors (Lipinski definition) is 10. The van der Waals surface area contributed by atoms with Crippen molar-refractivity contribution < 1.29 is 4.79 Å². The van der Waals surface area contributed by atoms with Gasteiger partial charge in [0.05, 0.1) is 25.7 Å². The Morgan fingerprint density at radius 2 is 1.35 bits per heavy atom. The Kier molecular flexibility index (Phi) is 13.4. The van der Waals surface area contributed by atoms with Gasteiger partial charge in [0, 0.05) is 73.3 Å². The minimum absolute atomic E-state index is 0.355. The van der Waals surface area contributed by atoms with Crippen LogP contribution < -0.4 is 11.3 Å². The first kappa shape index (κ1) is 34.0. The second kappa shape index (κ2) is 17.0. The summed E-state index contributed by atoms with van der Waals surface area (Å²) < 4.78 is 1.68. The van der Waals surface area contributed by atoms with E-state index in [1.165, 1.54) is 48.9 Å². The molecule has 1 amide bonds. The van der Waals surface area contributed by atoms with E-state index in [9.17, 15) is 4.79 Å². The van der Waals surface area contributed by atoms with Crippen LogP contribution in [0.3, 0.4) is 0 Å². The largest absolute Gasteiger partial charge is 0.278 e. The summed E-state index contributed by atoms with van der Waals surface area (Å²) in [6.45, 7) is 0. The smallest absolute Gasteiger partial charge is 0.272 e. The first-order valence-electron chi connectivity index (χ1n) is 12.1. The van der Waals surface area contributed by atoms with Crippen molar-refractivity contribution in [2.24, 2.45) is 17.9 Å². The van der Waals surface area contributed by atoms with Gasteiger partial charge in [-0.2, -0.15) is 5.10 Å². The summed E-state index contributed by atoms with van der Waals surface area (Å²) in [7, 11) is 3.47. The zero-order chi connectivity index (χ0) is 31.4. The Morgan fingerprint density at radius 1 is 0.860 bits per heavy atom. The van der Waals surface area contributed by atoms with Gasteiger partial charge in [-0.3, -0.25) is 36.0 Å². The van der Waals surface area contributed by atoms with Crippen molar-refractivity contribution in [3.05, 3.63) is 105 Å². The number of nitrogens with zero attached hydrogens (tertiary/aromatic N) is 8. The molecule has 3 N–H and O–H groups in total. The molecule has 0 fully saturated rings. The van der Waals surface area contributed by atoms with Crippen molar-refractivity contribution >= 4 is 69.1 Å². The van der Waals surface area contributed by atoms with Gasteiger partial charge >= 0.3 is 0 Å². The zero-order valence-electron chi connectivity index (χ0n) is 22.9. The average molecular weight is 678 g/mol. The number of rotatable bonds is 4. The molecule has 0 aliphatic carbocycles. The van der Waals surface area contributed by atoms with Crippen LogP contribution in [0.1, 0.15) is 15.9 Å². The monoisotopic (exact) mass is 676 g/mol. The summed E-state index contributed by atoms with van der Waals surface area (Å²) in [5, 5.41) is 6.37. The van der Waals surface area contributed by atoms with Gasteiger partial charge in [0.15, 0.2) is 11.6 Å². The Morgan fingerprint density at radius 3 is 1.86 bits per heavy atom. The molecule has 0 atom stereocenters. The number of hydrogen-bond donors (Lipinski definition) is 2. The van der Waals surface area contributed by atoms with Crippen molar-refractivity contribution in [1.82, 2.24) is 40.1 Å². The van der Waals surface area contributed by atoms with Crippen molar-refractivity contribution in [1.29, 1.82) is 0 Å². The lowest BCUT2D eigenvalue weighted by molar-refractivity contribution is 0.100. The summed E-state index contributed by atoms with van der Waals surface area (Å²) in [6.07, 6.45) is 14.2. The Balaban J connectivity index is 0.000000216. The molecule has 5 aromatic heterocycles. The van der Waals surface area contributed by atoms with Crippen LogP contribution in [0, 0.1) is 0 Å². The van der Waals surface area contributed by atoms with Gasteiger partial charge in [0.25, 0.3) is 5.91 Å². The topological polar surface area (TPSA) is 150 Å². The molecule has 0 bridgehead atoms. The lowest BCUT2D eigenvalue weighted by Crippen LogP contribution is -2.13. The highest BCUT2D eigenvalue weighted by atomic mass is 35.5. The van der Waals surface area contributed by atoms with Crippen LogP contribution >= 0.6 is 58.2 Å². The summed E-state index contributed by atoms with van der Waals surface area (Å²) in [4.78, 5) is 36.3. The van der Waals surface area contributed by atoms with E-state index in [2.05, 4.69) is 46.3 Å². The van der Waals surface area contributed by atoms with E-state index in [1.807, 2.05) is 19.2 Å². The lowest BCUT2D eigenvalue weighted by atomic mass is 10.2. The molecule has 0 aliphatic heterocycles. The number of nitrogens with one attached hydrogen (secondary N) is 1. The predicted octanol–water partition coefficient (Wildman–Crippen LogP) is 6.06. The standard InChI is InChI=1S/C13H9Cl2N5.C13H9Cl2N3OS.CH6N2/c1-20-13(8-2-4-16-5-3-8)18-12(19-20)11-9(14)6-17-7-10(11)15;1-20-13(11-9(14)6-17-7-10(11)15)18-12(19)8-2-4-16-5-3-8;1-3-2/h2*2-7H,1H3;3H,2H2,1H3. The first-order chi connectivity index (χ1) is 20.7. The third-order valence-electron chi connectivity index (χ3n) is 5.17.